The molecule has 192 valence electrons. The smallest absolute Gasteiger partial charge is 0.305 e. The number of nitrogens with zero attached hydrogens (tertiary/aromatic N) is 5. The van der Waals surface area contributed by atoms with Crippen LogP contribution in [0.2, 0.25) is 0 Å². The van der Waals surface area contributed by atoms with Gasteiger partial charge in [-0.3, -0.25) is 14.5 Å². The molecule has 0 saturated heterocycles. The average molecular weight is 511 g/mol. The predicted octanol–water partition coefficient (Wildman–Crippen LogP) is 4.53. The standard InChI is InChI=1S/C28H26N6O4/c35-27(36)12-25(19-10-21(14-29-13-19)26-16-30-17-38-26)34-24-6-5-23(11-20(24)15-32-34)37-9-7-22-4-3-18-2-1-8-31-28(18)33-22/h3-6,10-11,13-17,25H,1-2,7-9,12H2,(H,31,33)(H,35,36). The lowest BCUT2D eigenvalue weighted by atomic mass is 10.0. The summed E-state index contributed by atoms with van der Waals surface area (Å²) < 4.78 is 13.1. The van der Waals surface area contributed by atoms with Gasteiger partial charge in [-0.15, -0.1) is 0 Å². The molecule has 6 rings (SSSR count). The maximum atomic E-state index is 11.8. The van der Waals surface area contributed by atoms with E-state index in [1.807, 2.05) is 24.3 Å². The number of benzene rings is 1. The number of aliphatic carboxylic acids is 1. The molecule has 38 heavy (non-hydrogen) atoms. The van der Waals surface area contributed by atoms with Crippen molar-refractivity contribution in [1.82, 2.24) is 24.7 Å². The van der Waals surface area contributed by atoms with Crippen molar-refractivity contribution in [2.45, 2.75) is 31.7 Å². The summed E-state index contributed by atoms with van der Waals surface area (Å²) in [5.74, 6) is 1.33. The fourth-order valence-corrected chi connectivity index (χ4v) is 4.79. The van der Waals surface area contributed by atoms with Gasteiger partial charge < -0.3 is 19.6 Å². The second-order valence-corrected chi connectivity index (χ2v) is 9.24. The highest BCUT2D eigenvalue weighted by Crippen LogP contribution is 2.30. The largest absolute Gasteiger partial charge is 0.493 e. The molecule has 0 fully saturated rings. The lowest BCUT2D eigenvalue weighted by molar-refractivity contribution is -0.137. The van der Waals surface area contributed by atoms with E-state index in [1.165, 1.54) is 12.0 Å². The van der Waals surface area contributed by atoms with Crippen molar-refractivity contribution in [1.29, 1.82) is 0 Å². The summed E-state index contributed by atoms with van der Waals surface area (Å²) >= 11 is 0. The van der Waals surface area contributed by atoms with E-state index in [1.54, 1.807) is 29.5 Å². The van der Waals surface area contributed by atoms with Crippen molar-refractivity contribution in [2.75, 3.05) is 18.5 Å². The Morgan fingerprint density at radius 1 is 1.13 bits per heavy atom. The molecule has 2 N–H and O–H groups in total. The number of pyridine rings is 2. The third-order valence-electron chi connectivity index (χ3n) is 6.67. The zero-order valence-electron chi connectivity index (χ0n) is 20.6. The first-order chi connectivity index (χ1) is 18.6. The minimum atomic E-state index is -0.936. The van der Waals surface area contributed by atoms with Crippen molar-refractivity contribution >= 4 is 22.7 Å². The molecule has 5 heterocycles. The number of carboxylic acids is 1. The lowest BCUT2D eigenvalue weighted by Gasteiger charge is -2.18. The number of hydrogen-bond acceptors (Lipinski definition) is 8. The summed E-state index contributed by atoms with van der Waals surface area (Å²) in [4.78, 5) is 24.8. The molecule has 0 saturated carbocycles. The Bertz CT molecular complexity index is 1580. The number of aromatic nitrogens is 5. The number of oxazole rings is 1. The van der Waals surface area contributed by atoms with E-state index in [4.69, 9.17) is 14.1 Å². The van der Waals surface area contributed by atoms with Crippen LogP contribution >= 0.6 is 0 Å². The molecule has 0 radical (unpaired) electrons. The topological polar surface area (TPSA) is 128 Å². The molecule has 5 aromatic rings. The maximum absolute atomic E-state index is 11.8. The molecular formula is C28H26N6O4. The molecule has 0 bridgehead atoms. The van der Waals surface area contributed by atoms with Crippen molar-refractivity contribution in [2.24, 2.45) is 0 Å². The predicted molar refractivity (Wildman–Crippen MR) is 140 cm³/mol. The Kier molecular flexibility index (Phi) is 6.43. The van der Waals surface area contributed by atoms with Crippen LogP contribution in [0.1, 0.15) is 35.7 Å². The van der Waals surface area contributed by atoms with Crippen LogP contribution in [0.3, 0.4) is 0 Å². The van der Waals surface area contributed by atoms with Gasteiger partial charge >= 0.3 is 5.97 Å². The van der Waals surface area contributed by atoms with Crippen LogP contribution in [0, 0.1) is 0 Å². The van der Waals surface area contributed by atoms with Crippen LogP contribution in [0.25, 0.3) is 22.2 Å². The van der Waals surface area contributed by atoms with E-state index in [2.05, 4.69) is 32.5 Å². The molecule has 1 aliphatic heterocycles. The van der Waals surface area contributed by atoms with E-state index < -0.39 is 12.0 Å². The maximum Gasteiger partial charge on any atom is 0.305 e. The zero-order chi connectivity index (χ0) is 25.9. The number of anilines is 1. The summed E-state index contributed by atoms with van der Waals surface area (Å²) in [7, 11) is 0. The summed E-state index contributed by atoms with van der Waals surface area (Å²) in [6, 6.07) is 11.2. The van der Waals surface area contributed by atoms with Gasteiger partial charge in [0.25, 0.3) is 0 Å². The van der Waals surface area contributed by atoms with Crippen LogP contribution < -0.4 is 10.1 Å². The second kappa shape index (κ2) is 10.3. The molecule has 0 aliphatic carbocycles. The Morgan fingerprint density at radius 2 is 2.08 bits per heavy atom. The minimum Gasteiger partial charge on any atom is -0.493 e. The fourth-order valence-electron chi connectivity index (χ4n) is 4.79. The Morgan fingerprint density at radius 3 is 2.95 bits per heavy atom. The summed E-state index contributed by atoms with van der Waals surface area (Å²) in [5, 5.41) is 18.4. The lowest BCUT2D eigenvalue weighted by Crippen LogP contribution is -2.16. The van der Waals surface area contributed by atoms with E-state index >= 15 is 0 Å². The van der Waals surface area contributed by atoms with Crippen LogP contribution in [-0.4, -0.2) is 49.0 Å². The normalized spacial score (nSPS) is 13.6. The molecule has 1 aromatic carbocycles. The highest BCUT2D eigenvalue weighted by Gasteiger charge is 2.22. The first-order valence-electron chi connectivity index (χ1n) is 12.5. The van der Waals surface area contributed by atoms with E-state index in [0.717, 1.165) is 47.6 Å². The van der Waals surface area contributed by atoms with Crippen molar-refractivity contribution in [3.63, 3.8) is 0 Å². The van der Waals surface area contributed by atoms with Gasteiger partial charge in [-0.25, -0.2) is 9.97 Å². The van der Waals surface area contributed by atoms with Gasteiger partial charge in [0.05, 0.1) is 37.0 Å². The number of ether oxygens (including phenoxy) is 1. The molecule has 4 aromatic heterocycles. The fraction of sp³-hybridized carbons (Fsp3) is 0.250. The van der Waals surface area contributed by atoms with Gasteiger partial charge in [-0.1, -0.05) is 6.07 Å². The molecule has 10 nitrogen and oxygen atoms in total. The minimum absolute atomic E-state index is 0.154. The SMILES string of the molecule is O=C(O)CC(c1cncc(-c2cnco2)c1)n1ncc2cc(OCCc3ccc4c(n3)NCCC4)ccc21. The highest BCUT2D eigenvalue weighted by molar-refractivity contribution is 5.81. The number of aryl methyl sites for hydroxylation is 1. The van der Waals surface area contributed by atoms with E-state index in [0.29, 0.717) is 29.9 Å². The van der Waals surface area contributed by atoms with Gasteiger partial charge in [0, 0.05) is 42.0 Å². The van der Waals surface area contributed by atoms with Gasteiger partial charge in [-0.2, -0.15) is 5.10 Å². The van der Waals surface area contributed by atoms with Crippen molar-refractivity contribution in [3.8, 4) is 17.1 Å². The third kappa shape index (κ3) is 4.93. The number of rotatable bonds is 9. The second-order valence-electron chi connectivity index (χ2n) is 9.24. The summed E-state index contributed by atoms with van der Waals surface area (Å²) in [6.45, 7) is 1.46. The van der Waals surface area contributed by atoms with Gasteiger partial charge in [-0.05, 0) is 54.3 Å². The Balaban J connectivity index is 1.20. The first-order valence-corrected chi connectivity index (χ1v) is 12.5. The van der Waals surface area contributed by atoms with Crippen molar-refractivity contribution in [3.05, 3.63) is 84.4 Å². The monoisotopic (exact) mass is 510 g/mol. The Hall–Kier alpha value is -4.73. The number of carboxylic acid groups (broad SMARTS) is 1. The van der Waals surface area contributed by atoms with Gasteiger partial charge in [0.1, 0.15) is 11.6 Å². The molecule has 1 atom stereocenters. The highest BCUT2D eigenvalue weighted by atomic mass is 16.5. The van der Waals surface area contributed by atoms with Gasteiger partial charge in [0.15, 0.2) is 12.2 Å². The quantitative estimate of drug-likeness (QED) is 0.294. The zero-order valence-corrected chi connectivity index (χ0v) is 20.6. The van der Waals surface area contributed by atoms with Crippen LogP contribution in [0.5, 0.6) is 5.75 Å². The number of carbonyl (C=O) groups is 1. The average Bonchev–Trinajstić information content (AvgIpc) is 3.62. The number of nitrogens with one attached hydrogen (secondary N) is 1. The summed E-state index contributed by atoms with van der Waals surface area (Å²) in [5.41, 5.74) is 4.48. The van der Waals surface area contributed by atoms with Gasteiger partial charge in [0.2, 0.25) is 0 Å². The van der Waals surface area contributed by atoms with Crippen molar-refractivity contribution < 1.29 is 19.1 Å². The van der Waals surface area contributed by atoms with Crippen LogP contribution in [0.4, 0.5) is 5.82 Å². The van der Waals surface area contributed by atoms with Crippen LogP contribution in [0.15, 0.2) is 72.0 Å². The molecule has 10 heteroatoms. The Labute approximate surface area is 218 Å². The first kappa shape index (κ1) is 23.7. The van der Waals surface area contributed by atoms with E-state index in [-0.39, 0.29) is 6.42 Å². The third-order valence-corrected chi connectivity index (χ3v) is 6.67. The number of hydrogen-bond donors (Lipinski definition) is 2. The molecular weight excluding hydrogens is 484 g/mol. The molecule has 1 unspecified atom stereocenters. The summed E-state index contributed by atoms with van der Waals surface area (Å²) in [6.07, 6.45) is 10.7. The van der Waals surface area contributed by atoms with E-state index in [9.17, 15) is 9.90 Å². The molecule has 0 spiro atoms. The molecule has 0 amide bonds. The molecule has 1 aliphatic rings. The number of fused-ring (bicyclic) bond motifs is 2. The van der Waals surface area contributed by atoms with Crippen LogP contribution in [-0.2, 0) is 17.6 Å².